The predicted molar refractivity (Wildman–Crippen MR) is 115 cm³/mol. The van der Waals surface area contributed by atoms with E-state index in [-0.39, 0.29) is 17.3 Å². The molecule has 1 unspecified atom stereocenters. The number of benzene rings is 1. The lowest BCUT2D eigenvalue weighted by atomic mass is 10.2. The first kappa shape index (κ1) is 21.4. The van der Waals surface area contributed by atoms with Gasteiger partial charge < -0.3 is 5.32 Å². The van der Waals surface area contributed by atoms with Crippen molar-refractivity contribution in [2.75, 3.05) is 14.1 Å². The standard InChI is InChI=1S/C18H21N5O3S3/c1-12(23-16(20-21-18(23)27)14-8-6-10-28-14)17(24)19-11-13-7-4-5-9-15(13)29(25,26)22(2)3/h4-10,12H,11H2,1-3H3,(H,19,24)(H,21,27). The van der Waals surface area contributed by atoms with E-state index >= 15 is 0 Å². The molecule has 0 fully saturated rings. The van der Waals surface area contributed by atoms with E-state index in [9.17, 15) is 13.2 Å². The largest absolute Gasteiger partial charge is 0.350 e. The van der Waals surface area contributed by atoms with Crippen molar-refractivity contribution < 1.29 is 13.2 Å². The van der Waals surface area contributed by atoms with E-state index in [2.05, 4.69) is 15.5 Å². The van der Waals surface area contributed by atoms with Gasteiger partial charge in [0, 0.05) is 20.6 Å². The number of aromatic nitrogens is 3. The van der Waals surface area contributed by atoms with Crippen molar-refractivity contribution >= 4 is 39.5 Å². The Morgan fingerprint density at radius 2 is 2.03 bits per heavy atom. The van der Waals surface area contributed by atoms with E-state index in [1.807, 2.05) is 17.5 Å². The molecule has 11 heteroatoms. The van der Waals surface area contributed by atoms with Gasteiger partial charge in [0.2, 0.25) is 15.9 Å². The first-order chi connectivity index (χ1) is 13.7. The number of sulfonamides is 1. The number of hydrogen-bond acceptors (Lipinski definition) is 6. The van der Waals surface area contributed by atoms with Crippen LogP contribution in [0.1, 0.15) is 18.5 Å². The third kappa shape index (κ3) is 4.32. The Bertz CT molecular complexity index is 1160. The minimum Gasteiger partial charge on any atom is -0.350 e. The number of hydrogen-bond donors (Lipinski definition) is 2. The van der Waals surface area contributed by atoms with Gasteiger partial charge in [0.05, 0.1) is 9.77 Å². The average Bonchev–Trinajstić information content (AvgIpc) is 3.35. The zero-order valence-corrected chi connectivity index (χ0v) is 18.6. The number of carbonyl (C=O) groups excluding carboxylic acids is 1. The monoisotopic (exact) mass is 451 g/mol. The van der Waals surface area contributed by atoms with Gasteiger partial charge in [-0.05, 0) is 42.2 Å². The smallest absolute Gasteiger partial charge is 0.243 e. The zero-order valence-electron chi connectivity index (χ0n) is 16.1. The van der Waals surface area contributed by atoms with Crippen LogP contribution in [0.15, 0.2) is 46.7 Å². The Morgan fingerprint density at radius 3 is 2.69 bits per heavy atom. The lowest BCUT2D eigenvalue weighted by molar-refractivity contribution is -0.124. The van der Waals surface area contributed by atoms with Gasteiger partial charge in [0.1, 0.15) is 6.04 Å². The summed E-state index contributed by atoms with van der Waals surface area (Å²) < 4.78 is 28.2. The molecule has 0 aliphatic heterocycles. The molecular weight excluding hydrogens is 430 g/mol. The van der Waals surface area contributed by atoms with E-state index in [4.69, 9.17) is 12.2 Å². The fraction of sp³-hybridized carbons (Fsp3) is 0.278. The summed E-state index contributed by atoms with van der Waals surface area (Å²) in [6.45, 7) is 1.80. The summed E-state index contributed by atoms with van der Waals surface area (Å²) in [5.74, 6) is 0.292. The molecular formula is C18H21N5O3S3. The molecule has 1 atom stereocenters. The third-order valence-electron chi connectivity index (χ3n) is 4.40. The maximum atomic E-state index is 12.8. The molecule has 2 aromatic heterocycles. The number of H-pyrrole nitrogens is 1. The van der Waals surface area contributed by atoms with Crippen molar-refractivity contribution in [3.8, 4) is 10.7 Å². The van der Waals surface area contributed by atoms with Crippen LogP contribution in [-0.4, -0.2) is 47.5 Å². The first-order valence-electron chi connectivity index (χ1n) is 8.72. The Kier molecular flexibility index (Phi) is 6.32. The maximum Gasteiger partial charge on any atom is 0.243 e. The Morgan fingerprint density at radius 1 is 1.31 bits per heavy atom. The van der Waals surface area contributed by atoms with E-state index in [0.717, 1.165) is 9.18 Å². The molecule has 29 heavy (non-hydrogen) atoms. The Hall–Kier alpha value is -2.34. The van der Waals surface area contributed by atoms with Gasteiger partial charge in [-0.2, -0.15) is 5.10 Å². The van der Waals surface area contributed by atoms with Crippen molar-refractivity contribution in [2.24, 2.45) is 0 Å². The molecule has 0 saturated carbocycles. The van der Waals surface area contributed by atoms with Gasteiger partial charge in [-0.3, -0.25) is 14.5 Å². The maximum absolute atomic E-state index is 12.8. The first-order valence-corrected chi connectivity index (χ1v) is 11.4. The summed E-state index contributed by atoms with van der Waals surface area (Å²) in [4.78, 5) is 13.9. The van der Waals surface area contributed by atoms with Crippen LogP contribution < -0.4 is 5.32 Å². The molecule has 3 rings (SSSR count). The predicted octanol–water partition coefficient (Wildman–Crippen LogP) is 2.80. The van der Waals surface area contributed by atoms with Gasteiger partial charge in [0.25, 0.3) is 0 Å². The van der Waals surface area contributed by atoms with Crippen molar-refractivity contribution in [3.63, 3.8) is 0 Å². The van der Waals surface area contributed by atoms with Crippen molar-refractivity contribution in [1.82, 2.24) is 24.4 Å². The molecule has 1 aromatic carbocycles. The summed E-state index contributed by atoms with van der Waals surface area (Å²) in [6, 6.07) is 9.77. The van der Waals surface area contributed by atoms with Gasteiger partial charge in [-0.25, -0.2) is 12.7 Å². The van der Waals surface area contributed by atoms with Crippen LogP contribution in [0.5, 0.6) is 0 Å². The summed E-state index contributed by atoms with van der Waals surface area (Å²) in [7, 11) is -0.672. The minimum absolute atomic E-state index is 0.0753. The molecule has 0 saturated heterocycles. The number of nitrogens with zero attached hydrogens (tertiary/aromatic N) is 3. The average molecular weight is 452 g/mol. The summed E-state index contributed by atoms with van der Waals surface area (Å²) in [5.41, 5.74) is 0.510. The lowest BCUT2D eigenvalue weighted by Crippen LogP contribution is -2.32. The minimum atomic E-state index is -3.62. The highest BCUT2D eigenvalue weighted by Crippen LogP contribution is 2.25. The fourth-order valence-corrected chi connectivity index (χ4v) is 4.91. The third-order valence-corrected chi connectivity index (χ3v) is 7.47. The number of aromatic amines is 1. The topological polar surface area (TPSA) is 100 Å². The summed E-state index contributed by atoms with van der Waals surface area (Å²) in [5, 5.41) is 11.7. The number of carbonyl (C=O) groups is 1. The molecule has 0 aliphatic carbocycles. The molecule has 0 aliphatic rings. The van der Waals surface area contributed by atoms with Crippen LogP contribution in [0.4, 0.5) is 0 Å². The quantitative estimate of drug-likeness (QED) is 0.538. The van der Waals surface area contributed by atoms with Crippen molar-refractivity contribution in [1.29, 1.82) is 0 Å². The van der Waals surface area contributed by atoms with Gasteiger partial charge in [-0.1, -0.05) is 24.3 Å². The molecule has 1 amide bonds. The highest BCUT2D eigenvalue weighted by atomic mass is 32.2. The number of thiophene rings is 1. The molecule has 3 aromatic rings. The van der Waals surface area contributed by atoms with E-state index in [1.165, 1.54) is 31.5 Å². The van der Waals surface area contributed by atoms with Crippen molar-refractivity contribution in [3.05, 3.63) is 52.1 Å². The second-order valence-electron chi connectivity index (χ2n) is 6.49. The SMILES string of the molecule is CC(C(=O)NCc1ccccc1S(=O)(=O)N(C)C)n1c(-c2cccs2)n[nH]c1=S. The molecule has 154 valence electrons. The van der Waals surface area contributed by atoms with Crippen LogP contribution in [-0.2, 0) is 21.4 Å². The van der Waals surface area contributed by atoms with Gasteiger partial charge >= 0.3 is 0 Å². The second kappa shape index (κ2) is 8.57. The van der Waals surface area contributed by atoms with E-state index in [0.29, 0.717) is 16.2 Å². The normalized spacial score (nSPS) is 12.8. The molecule has 8 nitrogen and oxygen atoms in total. The highest BCUT2D eigenvalue weighted by molar-refractivity contribution is 7.89. The van der Waals surface area contributed by atoms with Crippen molar-refractivity contribution in [2.45, 2.75) is 24.4 Å². The van der Waals surface area contributed by atoms with Gasteiger partial charge in [-0.15, -0.1) is 11.3 Å². The molecule has 0 radical (unpaired) electrons. The van der Waals surface area contributed by atoms with Crippen LogP contribution in [0.3, 0.4) is 0 Å². The zero-order chi connectivity index (χ0) is 21.2. The molecule has 2 N–H and O–H groups in total. The van der Waals surface area contributed by atoms with Crippen LogP contribution in [0.2, 0.25) is 0 Å². The fourth-order valence-electron chi connectivity index (χ4n) is 2.79. The van der Waals surface area contributed by atoms with E-state index in [1.54, 1.807) is 29.7 Å². The number of amides is 1. The van der Waals surface area contributed by atoms with Crippen LogP contribution >= 0.6 is 23.6 Å². The molecule has 0 bridgehead atoms. The van der Waals surface area contributed by atoms with E-state index < -0.39 is 16.1 Å². The number of nitrogens with one attached hydrogen (secondary N) is 2. The van der Waals surface area contributed by atoms with Gasteiger partial charge in [0.15, 0.2) is 10.6 Å². The summed E-state index contributed by atoms with van der Waals surface area (Å²) >= 11 is 6.80. The summed E-state index contributed by atoms with van der Waals surface area (Å²) in [6.07, 6.45) is 0. The van der Waals surface area contributed by atoms with Crippen LogP contribution in [0, 0.1) is 4.77 Å². The Balaban J connectivity index is 1.82. The Labute approximate surface area is 178 Å². The highest BCUT2D eigenvalue weighted by Gasteiger charge is 2.23. The number of rotatable bonds is 7. The van der Waals surface area contributed by atoms with Crippen LogP contribution in [0.25, 0.3) is 10.7 Å². The molecule has 2 heterocycles. The second-order valence-corrected chi connectivity index (χ2v) is 9.94. The lowest BCUT2D eigenvalue weighted by Gasteiger charge is -2.18. The molecule has 0 spiro atoms.